The first kappa shape index (κ1) is 35.8. The highest BCUT2D eigenvalue weighted by atomic mass is 32.1. The molecule has 5 nitrogen and oxygen atoms in total. The van der Waals surface area contributed by atoms with E-state index in [2.05, 4.69) is 180 Å². The summed E-state index contributed by atoms with van der Waals surface area (Å²) >= 11 is 1.84. The van der Waals surface area contributed by atoms with E-state index in [1.807, 2.05) is 47.7 Å². The van der Waals surface area contributed by atoms with E-state index in [0.717, 1.165) is 72.2 Å². The molecule has 0 radical (unpaired) electrons. The van der Waals surface area contributed by atoms with Gasteiger partial charge in [0.15, 0.2) is 17.5 Å². The third-order valence-electron chi connectivity index (χ3n) is 11.7. The Bertz CT molecular complexity index is 3610. The maximum absolute atomic E-state index is 5.43. The topological polar surface area (TPSA) is 56.0 Å². The van der Waals surface area contributed by atoms with Gasteiger partial charge in [0.25, 0.3) is 0 Å². The predicted octanol–water partition coefficient (Wildman–Crippen LogP) is 14.7. The summed E-state index contributed by atoms with van der Waals surface area (Å²) < 4.78 is 4.73. The predicted molar refractivity (Wildman–Crippen MR) is 257 cm³/mol. The second kappa shape index (κ2) is 14.9. The van der Waals surface area contributed by atoms with E-state index in [-0.39, 0.29) is 0 Å². The molecule has 8 aromatic carbocycles. The van der Waals surface area contributed by atoms with Crippen LogP contribution < -0.4 is 0 Å². The molecule has 4 heterocycles. The minimum Gasteiger partial charge on any atom is -0.231 e. The number of hydrogen-bond acceptors (Lipinski definition) is 5. The molecule has 0 N–H and O–H groups in total. The molecule has 290 valence electrons. The fourth-order valence-corrected chi connectivity index (χ4v) is 9.74. The number of hydrogen-bond donors (Lipinski definition) is 0. The van der Waals surface area contributed by atoms with Crippen LogP contribution in [0.2, 0.25) is 0 Å². The van der Waals surface area contributed by atoms with Gasteiger partial charge in [-0.05, 0) is 52.4 Å². The van der Waals surface area contributed by atoms with Crippen LogP contribution in [0.3, 0.4) is 0 Å². The molecule has 0 saturated carbocycles. The maximum atomic E-state index is 5.43. The van der Waals surface area contributed by atoms with E-state index in [1.54, 1.807) is 0 Å². The van der Waals surface area contributed by atoms with Crippen molar-refractivity contribution < 1.29 is 0 Å². The summed E-state index contributed by atoms with van der Waals surface area (Å²) in [5, 5.41) is 10.3. The summed E-state index contributed by atoms with van der Waals surface area (Å²) in [5.41, 5.74) is 12.3. The summed E-state index contributed by atoms with van der Waals surface area (Å²) in [6, 6.07) is 74.5. The Hall–Kier alpha value is -8.06. The summed E-state index contributed by atoms with van der Waals surface area (Å²) in [6.45, 7) is 0. The number of nitrogens with zero attached hydrogens (tertiary/aromatic N) is 5. The van der Waals surface area contributed by atoms with Gasteiger partial charge in [0.05, 0.1) is 11.2 Å². The van der Waals surface area contributed by atoms with Crippen molar-refractivity contribution >= 4 is 47.8 Å². The highest BCUT2D eigenvalue weighted by Crippen LogP contribution is 2.42. The molecule has 0 amide bonds. The van der Waals surface area contributed by atoms with Crippen molar-refractivity contribution in [1.82, 2.24) is 24.6 Å². The third kappa shape index (κ3) is 6.24. The van der Waals surface area contributed by atoms with Crippen LogP contribution >= 0.6 is 11.3 Å². The van der Waals surface area contributed by atoms with Crippen molar-refractivity contribution in [2.45, 2.75) is 0 Å². The third-order valence-corrected chi connectivity index (χ3v) is 12.8. The standard InChI is InChI=1S/C56H35N5S/c1-4-15-37(16-5-1)51-52(38-17-6-2-7-18-38)60-61-48(35-42-21-10-11-24-45(42)53(51)61)43-22-14-23-44(33-43)56-58-54(39-19-8-3-9-20-39)57-55(59-56)40-29-27-36(28-30-40)41-31-32-50-47(34-41)46-25-12-13-26-49(46)62-50/h1-35H. The van der Waals surface area contributed by atoms with Gasteiger partial charge >= 0.3 is 0 Å². The van der Waals surface area contributed by atoms with Crippen LogP contribution in [0.5, 0.6) is 0 Å². The van der Waals surface area contributed by atoms with Crippen molar-refractivity contribution in [3.8, 4) is 78.9 Å². The van der Waals surface area contributed by atoms with E-state index >= 15 is 0 Å². The summed E-state index contributed by atoms with van der Waals surface area (Å²) in [5.74, 6) is 1.84. The molecule has 62 heavy (non-hydrogen) atoms. The maximum Gasteiger partial charge on any atom is 0.164 e. The fraction of sp³-hybridized carbons (Fsp3) is 0. The normalized spacial score (nSPS) is 11.5. The number of fused-ring (bicyclic) bond motifs is 6. The lowest BCUT2D eigenvalue weighted by Gasteiger charge is -2.12. The van der Waals surface area contributed by atoms with Crippen LogP contribution in [0.25, 0.3) is 115 Å². The van der Waals surface area contributed by atoms with Crippen LogP contribution in [0.4, 0.5) is 0 Å². The van der Waals surface area contributed by atoms with E-state index < -0.39 is 0 Å². The molecular weight excluding hydrogens is 775 g/mol. The van der Waals surface area contributed by atoms with Crippen LogP contribution in [0.1, 0.15) is 0 Å². The second-order valence-electron chi connectivity index (χ2n) is 15.5. The number of benzene rings is 8. The molecule has 0 unspecified atom stereocenters. The number of pyridine rings is 1. The highest BCUT2D eigenvalue weighted by molar-refractivity contribution is 7.25. The van der Waals surface area contributed by atoms with Gasteiger partial charge in [0.1, 0.15) is 5.69 Å². The Morgan fingerprint density at radius 2 is 0.871 bits per heavy atom. The van der Waals surface area contributed by atoms with Crippen molar-refractivity contribution in [1.29, 1.82) is 0 Å². The molecule has 0 fully saturated rings. The summed E-state index contributed by atoms with van der Waals surface area (Å²) in [4.78, 5) is 15.3. The quantitative estimate of drug-likeness (QED) is 0.161. The Morgan fingerprint density at radius 3 is 1.61 bits per heavy atom. The molecule has 0 atom stereocenters. The van der Waals surface area contributed by atoms with Crippen LogP contribution in [0.15, 0.2) is 212 Å². The zero-order valence-electron chi connectivity index (χ0n) is 33.4. The minimum atomic E-state index is 0.599. The van der Waals surface area contributed by atoms with Gasteiger partial charge in [-0.15, -0.1) is 11.3 Å². The van der Waals surface area contributed by atoms with Crippen molar-refractivity contribution in [2.75, 3.05) is 0 Å². The zero-order chi connectivity index (χ0) is 41.0. The van der Waals surface area contributed by atoms with E-state index in [0.29, 0.717) is 17.5 Å². The molecule has 0 bridgehead atoms. The zero-order valence-corrected chi connectivity index (χ0v) is 34.2. The number of thiophene rings is 1. The molecule has 4 aromatic heterocycles. The molecule has 6 heteroatoms. The van der Waals surface area contributed by atoms with E-state index in [1.165, 1.54) is 25.7 Å². The lowest BCUT2D eigenvalue weighted by atomic mass is 9.97. The monoisotopic (exact) mass is 809 g/mol. The largest absolute Gasteiger partial charge is 0.231 e. The van der Waals surface area contributed by atoms with Crippen molar-refractivity contribution in [3.05, 3.63) is 212 Å². The molecule has 0 spiro atoms. The van der Waals surface area contributed by atoms with Gasteiger partial charge < -0.3 is 0 Å². The molecular formula is C56H35N5S. The average molecular weight is 810 g/mol. The van der Waals surface area contributed by atoms with Crippen LogP contribution in [0, 0.1) is 0 Å². The lowest BCUT2D eigenvalue weighted by Crippen LogP contribution is -2.01. The SMILES string of the molecule is c1ccc(-c2nc(-c3ccc(-c4ccc5sc6ccccc6c5c4)cc3)nc(-c3cccc(-c4cc5ccccc5c5c(-c6ccccc6)c(-c6ccccc6)nn45)c3)n2)cc1. The first-order valence-electron chi connectivity index (χ1n) is 20.7. The van der Waals surface area contributed by atoms with Gasteiger partial charge in [-0.2, -0.15) is 5.10 Å². The van der Waals surface area contributed by atoms with Crippen LogP contribution in [-0.2, 0) is 0 Å². The molecule has 0 aliphatic heterocycles. The molecule has 0 aliphatic rings. The molecule has 12 aromatic rings. The van der Waals surface area contributed by atoms with E-state index in [9.17, 15) is 0 Å². The molecule has 0 saturated heterocycles. The first-order chi connectivity index (χ1) is 30.7. The first-order valence-corrected chi connectivity index (χ1v) is 21.5. The number of aromatic nitrogens is 5. The van der Waals surface area contributed by atoms with E-state index in [4.69, 9.17) is 20.1 Å². The summed E-state index contributed by atoms with van der Waals surface area (Å²) in [7, 11) is 0. The van der Waals surface area contributed by atoms with Crippen molar-refractivity contribution in [2.24, 2.45) is 0 Å². The van der Waals surface area contributed by atoms with Gasteiger partial charge in [0, 0.05) is 58.9 Å². The second-order valence-corrected chi connectivity index (χ2v) is 16.6. The van der Waals surface area contributed by atoms with Crippen LogP contribution in [-0.4, -0.2) is 24.6 Å². The fourth-order valence-electron chi connectivity index (χ4n) is 8.66. The van der Waals surface area contributed by atoms with Gasteiger partial charge in [-0.25, -0.2) is 19.5 Å². The Labute approximate surface area is 361 Å². The summed E-state index contributed by atoms with van der Waals surface area (Å²) in [6.07, 6.45) is 0. The number of rotatable bonds is 7. The molecule has 12 rings (SSSR count). The smallest absolute Gasteiger partial charge is 0.164 e. The Morgan fingerprint density at radius 1 is 0.339 bits per heavy atom. The minimum absolute atomic E-state index is 0.599. The Kier molecular flexibility index (Phi) is 8.61. The van der Waals surface area contributed by atoms with Gasteiger partial charge in [-0.1, -0.05) is 182 Å². The molecule has 0 aliphatic carbocycles. The lowest BCUT2D eigenvalue weighted by molar-refractivity contribution is 0.979. The Balaban J connectivity index is 0.995. The van der Waals surface area contributed by atoms with Crippen molar-refractivity contribution in [3.63, 3.8) is 0 Å². The average Bonchev–Trinajstić information content (AvgIpc) is 3.94. The van der Waals surface area contributed by atoms with Gasteiger partial charge in [-0.3, -0.25) is 0 Å². The van der Waals surface area contributed by atoms with Gasteiger partial charge in [0.2, 0.25) is 0 Å². The highest BCUT2D eigenvalue weighted by Gasteiger charge is 2.22.